The van der Waals surface area contributed by atoms with Crippen molar-refractivity contribution in [2.75, 3.05) is 6.54 Å². The molecule has 0 amide bonds. The number of benzene rings is 1. The smallest absolute Gasteiger partial charge is 0.229 e. The molecule has 1 fully saturated rings. The summed E-state index contributed by atoms with van der Waals surface area (Å²) in [6.07, 6.45) is 2.24. The van der Waals surface area contributed by atoms with Crippen molar-refractivity contribution < 1.29 is 13.7 Å². The fourth-order valence-electron chi connectivity index (χ4n) is 2.05. The second kappa shape index (κ2) is 6.22. The van der Waals surface area contributed by atoms with Crippen LogP contribution in [0.1, 0.15) is 43.0 Å². The number of nitrogens with one attached hydrogen (secondary N) is 1. The van der Waals surface area contributed by atoms with Gasteiger partial charge in [-0.05, 0) is 37.6 Å². The van der Waals surface area contributed by atoms with E-state index in [9.17, 15) is 4.39 Å². The fraction of sp³-hybridized carbons (Fsp3) is 0.467. The van der Waals surface area contributed by atoms with Gasteiger partial charge in [0.05, 0.1) is 0 Å². The highest BCUT2D eigenvalue weighted by molar-refractivity contribution is 5.34. The molecule has 0 atom stereocenters. The molecular weight excluding hydrogens is 273 g/mol. The molecule has 1 aromatic carbocycles. The molecule has 3 rings (SSSR count). The topological polar surface area (TPSA) is 60.2 Å². The van der Waals surface area contributed by atoms with Gasteiger partial charge in [0, 0.05) is 18.0 Å². The Labute approximate surface area is 122 Å². The van der Waals surface area contributed by atoms with E-state index >= 15 is 0 Å². The second-order valence-electron chi connectivity index (χ2n) is 5.14. The average Bonchev–Trinajstić information content (AvgIpc) is 3.23. The molecule has 0 bridgehead atoms. The summed E-state index contributed by atoms with van der Waals surface area (Å²) >= 11 is 0. The number of hydrogen-bond donors (Lipinski definition) is 1. The maximum atomic E-state index is 13.3. The van der Waals surface area contributed by atoms with E-state index in [-0.39, 0.29) is 12.4 Å². The van der Waals surface area contributed by atoms with Crippen LogP contribution in [-0.4, -0.2) is 16.7 Å². The van der Waals surface area contributed by atoms with Crippen LogP contribution in [0.4, 0.5) is 4.39 Å². The van der Waals surface area contributed by atoms with Crippen molar-refractivity contribution in [3.8, 4) is 5.75 Å². The Morgan fingerprint density at radius 2 is 2.29 bits per heavy atom. The van der Waals surface area contributed by atoms with Crippen LogP contribution in [0.2, 0.25) is 0 Å². The van der Waals surface area contributed by atoms with Gasteiger partial charge in [0.25, 0.3) is 0 Å². The Morgan fingerprint density at radius 1 is 1.43 bits per heavy atom. The van der Waals surface area contributed by atoms with Gasteiger partial charge in [-0.1, -0.05) is 12.1 Å². The molecule has 1 N–H and O–H groups in total. The van der Waals surface area contributed by atoms with E-state index in [1.807, 2.05) is 6.92 Å². The molecule has 1 saturated carbocycles. The summed E-state index contributed by atoms with van der Waals surface area (Å²) in [6, 6.07) is 4.49. The van der Waals surface area contributed by atoms with Crippen molar-refractivity contribution in [1.82, 2.24) is 15.5 Å². The summed E-state index contributed by atoms with van der Waals surface area (Å²) in [5.41, 5.74) is 0.780. The molecule has 21 heavy (non-hydrogen) atoms. The lowest BCUT2D eigenvalue weighted by atomic mass is 10.2. The Hall–Kier alpha value is -1.95. The van der Waals surface area contributed by atoms with Crippen LogP contribution in [-0.2, 0) is 13.2 Å². The minimum Gasteiger partial charge on any atom is -0.485 e. The first-order chi connectivity index (χ1) is 10.3. The monoisotopic (exact) mass is 291 g/mol. The molecule has 0 saturated heterocycles. The van der Waals surface area contributed by atoms with Crippen LogP contribution < -0.4 is 10.1 Å². The zero-order chi connectivity index (χ0) is 14.7. The zero-order valence-electron chi connectivity index (χ0n) is 11.9. The first-order valence-electron chi connectivity index (χ1n) is 7.20. The molecule has 0 unspecified atom stereocenters. The van der Waals surface area contributed by atoms with Gasteiger partial charge in [0.2, 0.25) is 11.7 Å². The quantitative estimate of drug-likeness (QED) is 0.850. The largest absolute Gasteiger partial charge is 0.485 e. The van der Waals surface area contributed by atoms with Crippen molar-refractivity contribution in [3.63, 3.8) is 0 Å². The highest BCUT2D eigenvalue weighted by Gasteiger charge is 2.29. The first kappa shape index (κ1) is 14.0. The summed E-state index contributed by atoms with van der Waals surface area (Å²) < 4.78 is 24.2. The molecule has 0 aliphatic heterocycles. The molecule has 6 heteroatoms. The predicted octanol–water partition coefficient (Wildman–Crippen LogP) is 2.77. The molecule has 1 aliphatic carbocycles. The van der Waals surface area contributed by atoms with Gasteiger partial charge in [-0.15, -0.1) is 0 Å². The highest BCUT2D eigenvalue weighted by atomic mass is 19.1. The molecule has 0 radical (unpaired) electrons. The van der Waals surface area contributed by atoms with Gasteiger partial charge in [-0.25, -0.2) is 4.39 Å². The third kappa shape index (κ3) is 3.58. The van der Waals surface area contributed by atoms with E-state index in [4.69, 9.17) is 9.26 Å². The van der Waals surface area contributed by atoms with E-state index in [1.54, 1.807) is 6.07 Å². The predicted molar refractivity (Wildman–Crippen MR) is 74.4 cm³/mol. The molecular formula is C15H18FN3O2. The summed E-state index contributed by atoms with van der Waals surface area (Å²) in [4.78, 5) is 4.30. The number of hydrogen-bond acceptors (Lipinski definition) is 5. The van der Waals surface area contributed by atoms with Gasteiger partial charge in [0.1, 0.15) is 11.6 Å². The molecule has 2 aromatic rings. The number of aromatic nitrogens is 2. The summed E-state index contributed by atoms with van der Waals surface area (Å²) in [6.45, 7) is 3.59. The number of halogens is 1. The molecule has 1 heterocycles. The van der Waals surface area contributed by atoms with E-state index in [2.05, 4.69) is 15.5 Å². The van der Waals surface area contributed by atoms with Crippen LogP contribution in [0.3, 0.4) is 0 Å². The van der Waals surface area contributed by atoms with Crippen molar-refractivity contribution in [2.45, 2.75) is 38.8 Å². The SMILES string of the molecule is CCNCc1cc(F)ccc1OCc1noc(C2CC2)n1. The number of rotatable bonds is 7. The Morgan fingerprint density at radius 3 is 3.05 bits per heavy atom. The zero-order valence-corrected chi connectivity index (χ0v) is 11.9. The minimum absolute atomic E-state index is 0.223. The standard InChI is InChI=1S/C15H18FN3O2/c1-2-17-8-11-7-12(16)5-6-13(11)20-9-14-18-15(21-19-14)10-3-4-10/h5-7,10,17H,2-4,8-9H2,1H3. The third-order valence-electron chi connectivity index (χ3n) is 3.36. The molecule has 5 nitrogen and oxygen atoms in total. The maximum absolute atomic E-state index is 13.3. The number of ether oxygens (including phenoxy) is 1. The molecule has 1 aromatic heterocycles. The van der Waals surface area contributed by atoms with Gasteiger partial charge >= 0.3 is 0 Å². The normalized spacial score (nSPS) is 14.4. The summed E-state index contributed by atoms with van der Waals surface area (Å²) in [7, 11) is 0. The highest BCUT2D eigenvalue weighted by Crippen LogP contribution is 2.38. The average molecular weight is 291 g/mol. The maximum Gasteiger partial charge on any atom is 0.229 e. The van der Waals surface area contributed by atoms with Crippen molar-refractivity contribution >= 4 is 0 Å². The summed E-state index contributed by atoms with van der Waals surface area (Å²) in [5, 5.41) is 7.06. The van der Waals surface area contributed by atoms with E-state index in [0.29, 0.717) is 29.9 Å². The van der Waals surface area contributed by atoms with Crippen LogP contribution in [0.5, 0.6) is 5.75 Å². The Kier molecular flexibility index (Phi) is 4.15. The van der Waals surface area contributed by atoms with Crippen molar-refractivity contribution in [2.24, 2.45) is 0 Å². The first-order valence-corrected chi connectivity index (χ1v) is 7.20. The third-order valence-corrected chi connectivity index (χ3v) is 3.36. The Bertz CT molecular complexity index is 611. The van der Waals surface area contributed by atoms with Gasteiger partial charge < -0.3 is 14.6 Å². The lowest BCUT2D eigenvalue weighted by Crippen LogP contribution is -2.13. The molecule has 1 aliphatic rings. The van der Waals surface area contributed by atoms with Gasteiger partial charge in [-0.3, -0.25) is 0 Å². The summed E-state index contributed by atoms with van der Waals surface area (Å²) in [5.74, 6) is 2.01. The molecule has 0 spiro atoms. The second-order valence-corrected chi connectivity index (χ2v) is 5.14. The van der Waals surface area contributed by atoms with Gasteiger partial charge in [0.15, 0.2) is 6.61 Å². The molecule has 112 valence electrons. The van der Waals surface area contributed by atoms with Crippen molar-refractivity contribution in [3.05, 3.63) is 41.3 Å². The lowest BCUT2D eigenvalue weighted by Gasteiger charge is -2.10. The van der Waals surface area contributed by atoms with E-state index in [0.717, 1.165) is 24.9 Å². The van der Waals surface area contributed by atoms with E-state index in [1.165, 1.54) is 12.1 Å². The van der Waals surface area contributed by atoms with E-state index < -0.39 is 0 Å². The minimum atomic E-state index is -0.272. The fourth-order valence-corrected chi connectivity index (χ4v) is 2.05. The van der Waals surface area contributed by atoms with Crippen LogP contribution in [0.15, 0.2) is 22.7 Å². The van der Waals surface area contributed by atoms with Gasteiger partial charge in [-0.2, -0.15) is 4.98 Å². The van der Waals surface area contributed by atoms with Crippen LogP contribution in [0, 0.1) is 5.82 Å². The van der Waals surface area contributed by atoms with Crippen molar-refractivity contribution in [1.29, 1.82) is 0 Å². The van der Waals surface area contributed by atoms with Crippen LogP contribution in [0.25, 0.3) is 0 Å². The number of nitrogens with zero attached hydrogens (tertiary/aromatic N) is 2. The van der Waals surface area contributed by atoms with Crippen LogP contribution >= 0.6 is 0 Å². The Balaban J connectivity index is 1.65. The lowest BCUT2D eigenvalue weighted by molar-refractivity contribution is 0.281.